The van der Waals surface area contributed by atoms with Crippen LogP contribution < -0.4 is 10.6 Å². The van der Waals surface area contributed by atoms with Crippen molar-refractivity contribution in [3.05, 3.63) is 35.9 Å². The summed E-state index contributed by atoms with van der Waals surface area (Å²) in [6.45, 7) is 10.3. The van der Waals surface area contributed by atoms with E-state index in [2.05, 4.69) is 62.6 Å². The van der Waals surface area contributed by atoms with Crippen LogP contribution in [0.15, 0.2) is 30.3 Å². The van der Waals surface area contributed by atoms with Gasteiger partial charge >= 0.3 is 6.03 Å². The van der Waals surface area contributed by atoms with Gasteiger partial charge in [0.05, 0.1) is 0 Å². The van der Waals surface area contributed by atoms with Crippen LogP contribution in [-0.4, -0.2) is 18.1 Å². The molecule has 0 radical (unpaired) electrons. The predicted molar refractivity (Wildman–Crippen MR) is 110 cm³/mol. The van der Waals surface area contributed by atoms with Gasteiger partial charge in [-0.3, -0.25) is 0 Å². The van der Waals surface area contributed by atoms with Gasteiger partial charge in [0.1, 0.15) is 0 Å². The number of hydrogen-bond donors (Lipinski definition) is 2. The van der Waals surface area contributed by atoms with Gasteiger partial charge in [-0.25, -0.2) is 4.79 Å². The third-order valence-corrected chi connectivity index (χ3v) is 8.34. The van der Waals surface area contributed by atoms with E-state index in [0.29, 0.717) is 23.8 Å². The number of hydrogen-bond acceptors (Lipinski definition) is 1. The Hall–Kier alpha value is -1.51. The number of benzene rings is 1. The lowest BCUT2D eigenvalue weighted by Gasteiger charge is -2.49. The number of carbonyl (C=O) groups is 1. The quantitative estimate of drug-likeness (QED) is 0.753. The maximum Gasteiger partial charge on any atom is 0.315 e. The average molecular weight is 369 g/mol. The SMILES string of the molecule is CC(C)[C@@H]1CC2C(C)(NC(=O)NCCc3ccccc3)[C@@H]3CC1C[C@@]2(C)C3. The van der Waals surface area contributed by atoms with E-state index < -0.39 is 0 Å². The highest BCUT2D eigenvalue weighted by atomic mass is 16.2. The van der Waals surface area contributed by atoms with Crippen molar-refractivity contribution in [3.63, 3.8) is 0 Å². The molecule has 0 spiro atoms. The smallest absolute Gasteiger partial charge is 0.315 e. The zero-order valence-corrected chi connectivity index (χ0v) is 17.4. The van der Waals surface area contributed by atoms with E-state index in [4.69, 9.17) is 0 Å². The second-order valence-corrected chi connectivity index (χ2v) is 10.4. The summed E-state index contributed by atoms with van der Waals surface area (Å²) in [5, 5.41) is 6.59. The van der Waals surface area contributed by atoms with Crippen LogP contribution in [0.3, 0.4) is 0 Å². The van der Waals surface area contributed by atoms with Crippen LogP contribution >= 0.6 is 0 Å². The van der Waals surface area contributed by atoms with Crippen molar-refractivity contribution in [1.82, 2.24) is 10.6 Å². The number of nitrogens with one attached hydrogen (secondary N) is 2. The first-order chi connectivity index (χ1) is 12.8. The molecule has 0 aromatic heterocycles. The molecule has 3 nitrogen and oxygen atoms in total. The molecule has 148 valence electrons. The molecule has 3 aliphatic carbocycles. The maximum absolute atomic E-state index is 12.8. The van der Waals surface area contributed by atoms with Gasteiger partial charge in [-0.2, -0.15) is 0 Å². The molecular weight excluding hydrogens is 332 g/mol. The van der Waals surface area contributed by atoms with Crippen molar-refractivity contribution in [1.29, 1.82) is 0 Å². The summed E-state index contributed by atoms with van der Waals surface area (Å²) in [7, 11) is 0. The van der Waals surface area contributed by atoms with Crippen molar-refractivity contribution >= 4 is 6.03 Å². The van der Waals surface area contributed by atoms with Gasteiger partial charge in [-0.1, -0.05) is 51.1 Å². The molecule has 0 saturated heterocycles. The van der Waals surface area contributed by atoms with Crippen LogP contribution in [0.25, 0.3) is 0 Å². The molecule has 3 bridgehead atoms. The lowest BCUT2D eigenvalue weighted by atomic mass is 9.56. The van der Waals surface area contributed by atoms with E-state index in [-0.39, 0.29) is 11.6 Å². The molecule has 3 saturated carbocycles. The minimum atomic E-state index is -0.0516. The van der Waals surface area contributed by atoms with E-state index in [0.717, 1.165) is 24.2 Å². The van der Waals surface area contributed by atoms with E-state index in [1.54, 1.807) is 0 Å². The van der Waals surface area contributed by atoms with Crippen LogP contribution in [0.5, 0.6) is 0 Å². The minimum Gasteiger partial charge on any atom is -0.338 e. The second kappa shape index (κ2) is 6.83. The Morgan fingerprint density at radius 2 is 1.89 bits per heavy atom. The molecule has 27 heavy (non-hydrogen) atoms. The summed E-state index contributed by atoms with van der Waals surface area (Å²) >= 11 is 0. The molecule has 3 heteroatoms. The number of amides is 2. The van der Waals surface area contributed by atoms with Crippen LogP contribution in [-0.2, 0) is 6.42 Å². The molecule has 0 aliphatic heterocycles. The summed E-state index contributed by atoms with van der Waals surface area (Å²) < 4.78 is 0. The lowest BCUT2D eigenvalue weighted by molar-refractivity contribution is 0.00854. The van der Waals surface area contributed by atoms with Crippen LogP contribution in [0.4, 0.5) is 4.79 Å². The van der Waals surface area contributed by atoms with E-state index in [1.807, 2.05) is 6.07 Å². The first kappa shape index (κ1) is 18.8. The third-order valence-electron chi connectivity index (χ3n) is 8.34. The number of carbonyl (C=O) groups excluding carboxylic acids is 1. The van der Waals surface area contributed by atoms with Crippen molar-refractivity contribution in [2.24, 2.45) is 35.0 Å². The molecule has 2 amide bonds. The molecule has 0 heterocycles. The van der Waals surface area contributed by atoms with Crippen molar-refractivity contribution < 1.29 is 4.79 Å². The highest BCUT2D eigenvalue weighted by Gasteiger charge is 2.65. The topological polar surface area (TPSA) is 41.1 Å². The van der Waals surface area contributed by atoms with E-state index in [9.17, 15) is 4.79 Å². The Morgan fingerprint density at radius 3 is 2.59 bits per heavy atom. The van der Waals surface area contributed by atoms with E-state index >= 15 is 0 Å². The molecule has 2 N–H and O–H groups in total. The fraction of sp³-hybridized carbons (Fsp3) is 0.708. The molecule has 6 atom stereocenters. The Balaban J connectivity index is 1.41. The molecule has 1 aromatic carbocycles. The molecular formula is C24H36N2O. The standard InChI is InChI=1S/C24H36N2O/c1-16(2)20-13-21-23(3)14-18(20)12-19(15-23)24(21,4)26-22(27)25-11-10-17-8-6-5-7-9-17/h5-9,16,18-21H,10-15H2,1-4H3,(H2,25,26,27)/t18?,19-,20+,21?,23+,24?/m1/s1. The Kier molecular flexibility index (Phi) is 4.76. The summed E-state index contributed by atoms with van der Waals surface area (Å²) in [6.07, 6.45) is 6.13. The largest absolute Gasteiger partial charge is 0.338 e. The molecule has 3 fully saturated rings. The number of urea groups is 1. The maximum atomic E-state index is 12.8. The van der Waals surface area contributed by atoms with E-state index in [1.165, 1.54) is 31.2 Å². The number of rotatable bonds is 5. The van der Waals surface area contributed by atoms with Gasteiger partial charge in [-0.05, 0) is 79.6 Å². The van der Waals surface area contributed by atoms with Crippen LogP contribution in [0, 0.1) is 35.0 Å². The summed E-state index contributed by atoms with van der Waals surface area (Å²) in [5.41, 5.74) is 1.64. The van der Waals surface area contributed by atoms with Gasteiger partial charge < -0.3 is 10.6 Å². The zero-order chi connectivity index (χ0) is 19.2. The highest BCUT2D eigenvalue weighted by Crippen LogP contribution is 2.68. The zero-order valence-electron chi connectivity index (χ0n) is 17.4. The summed E-state index contributed by atoms with van der Waals surface area (Å²) in [6, 6.07) is 10.4. The Bertz CT molecular complexity index is 687. The van der Waals surface area contributed by atoms with Crippen LogP contribution in [0.1, 0.15) is 58.9 Å². The molecule has 1 aromatic rings. The Morgan fingerprint density at radius 1 is 1.15 bits per heavy atom. The number of fused-ring (bicyclic) bond motifs is 2. The predicted octanol–water partition coefficient (Wildman–Crippen LogP) is 5.02. The van der Waals surface area contributed by atoms with Gasteiger partial charge in [0.2, 0.25) is 0 Å². The fourth-order valence-corrected chi connectivity index (χ4v) is 7.11. The third kappa shape index (κ3) is 3.28. The molecule has 4 rings (SSSR count). The van der Waals surface area contributed by atoms with Crippen molar-refractivity contribution in [2.75, 3.05) is 6.54 Å². The molecule has 3 unspecified atom stereocenters. The highest BCUT2D eigenvalue weighted by molar-refractivity contribution is 5.75. The summed E-state index contributed by atoms with van der Waals surface area (Å²) in [5.74, 6) is 3.68. The van der Waals surface area contributed by atoms with Gasteiger partial charge in [0, 0.05) is 12.1 Å². The Labute approximate surface area is 164 Å². The van der Waals surface area contributed by atoms with Crippen LogP contribution in [0.2, 0.25) is 0 Å². The summed E-state index contributed by atoms with van der Waals surface area (Å²) in [4.78, 5) is 12.8. The molecule has 3 aliphatic rings. The van der Waals surface area contributed by atoms with Crippen molar-refractivity contribution in [2.45, 2.75) is 65.3 Å². The van der Waals surface area contributed by atoms with Gasteiger partial charge in [0.25, 0.3) is 0 Å². The fourth-order valence-electron chi connectivity index (χ4n) is 7.11. The first-order valence-electron chi connectivity index (χ1n) is 10.9. The van der Waals surface area contributed by atoms with Gasteiger partial charge in [0.15, 0.2) is 0 Å². The lowest BCUT2D eigenvalue weighted by Crippen LogP contribution is -2.57. The first-order valence-corrected chi connectivity index (χ1v) is 10.9. The van der Waals surface area contributed by atoms with Crippen molar-refractivity contribution in [3.8, 4) is 0 Å². The normalized spacial score (nSPS) is 39.6. The minimum absolute atomic E-state index is 0.0223. The van der Waals surface area contributed by atoms with Gasteiger partial charge in [-0.15, -0.1) is 0 Å². The second-order valence-electron chi connectivity index (χ2n) is 10.4. The average Bonchev–Trinajstić information content (AvgIpc) is 2.69. The monoisotopic (exact) mass is 368 g/mol.